The van der Waals surface area contributed by atoms with Gasteiger partial charge in [-0.15, -0.1) is 0 Å². The van der Waals surface area contributed by atoms with E-state index in [0.717, 1.165) is 0 Å². The van der Waals surface area contributed by atoms with Gasteiger partial charge in [0.2, 0.25) is 0 Å². The first-order chi connectivity index (χ1) is 9.17. The molecule has 0 atom stereocenters. The van der Waals surface area contributed by atoms with Gasteiger partial charge in [0.25, 0.3) is 5.91 Å². The van der Waals surface area contributed by atoms with Crippen LogP contribution in [-0.4, -0.2) is 37.9 Å². The number of nitrogens with one attached hydrogen (secondary N) is 2. The SMILES string of the molecule is CCNC(=S)NC(=O)c1ccc(OCCOC)cc1. The van der Waals surface area contributed by atoms with Crippen molar-refractivity contribution in [2.75, 3.05) is 26.9 Å². The quantitative estimate of drug-likeness (QED) is 0.609. The van der Waals surface area contributed by atoms with Crippen molar-refractivity contribution < 1.29 is 14.3 Å². The summed E-state index contributed by atoms with van der Waals surface area (Å²) in [5, 5.41) is 5.77. The third kappa shape index (κ3) is 5.67. The molecule has 0 saturated carbocycles. The first-order valence-electron chi connectivity index (χ1n) is 5.98. The van der Waals surface area contributed by atoms with Crippen LogP contribution in [0, 0.1) is 0 Å². The minimum Gasteiger partial charge on any atom is -0.491 e. The maximum absolute atomic E-state index is 11.8. The lowest BCUT2D eigenvalue weighted by atomic mass is 10.2. The number of hydrogen-bond acceptors (Lipinski definition) is 4. The van der Waals surface area contributed by atoms with Gasteiger partial charge in [-0.05, 0) is 43.4 Å². The average molecular weight is 282 g/mol. The molecule has 0 spiro atoms. The first kappa shape index (κ1) is 15.4. The highest BCUT2D eigenvalue weighted by molar-refractivity contribution is 7.80. The van der Waals surface area contributed by atoms with Gasteiger partial charge < -0.3 is 14.8 Å². The molecule has 0 heterocycles. The molecule has 0 unspecified atom stereocenters. The number of methoxy groups -OCH3 is 1. The maximum Gasteiger partial charge on any atom is 0.257 e. The number of carbonyl (C=O) groups excluding carboxylic acids is 1. The van der Waals surface area contributed by atoms with E-state index in [0.29, 0.717) is 36.2 Å². The molecule has 19 heavy (non-hydrogen) atoms. The van der Waals surface area contributed by atoms with E-state index in [1.165, 1.54) is 0 Å². The molecule has 0 saturated heterocycles. The molecule has 1 amide bonds. The summed E-state index contributed by atoms with van der Waals surface area (Å²) in [5.41, 5.74) is 0.527. The van der Waals surface area contributed by atoms with Gasteiger partial charge in [0.15, 0.2) is 5.11 Å². The Balaban J connectivity index is 2.50. The number of hydrogen-bond donors (Lipinski definition) is 2. The van der Waals surface area contributed by atoms with Gasteiger partial charge in [-0.2, -0.15) is 0 Å². The molecule has 0 bridgehead atoms. The third-order valence-electron chi connectivity index (χ3n) is 2.24. The smallest absolute Gasteiger partial charge is 0.257 e. The second kappa shape index (κ2) is 8.44. The van der Waals surface area contributed by atoms with Crippen molar-refractivity contribution in [2.45, 2.75) is 6.92 Å². The molecule has 0 aromatic heterocycles. The molecule has 1 aromatic carbocycles. The van der Waals surface area contributed by atoms with Crippen molar-refractivity contribution in [3.8, 4) is 5.75 Å². The number of amides is 1. The normalized spacial score (nSPS) is 9.79. The Labute approximate surface area is 118 Å². The van der Waals surface area contributed by atoms with Gasteiger partial charge in [-0.25, -0.2) is 0 Å². The standard InChI is InChI=1S/C13H18N2O3S/c1-3-14-13(19)15-12(16)10-4-6-11(7-5-10)18-9-8-17-2/h4-7H,3,8-9H2,1-2H3,(H2,14,15,16,19). The van der Waals surface area contributed by atoms with Gasteiger partial charge in [0, 0.05) is 19.2 Å². The molecular weight excluding hydrogens is 264 g/mol. The number of ether oxygens (including phenoxy) is 2. The van der Waals surface area contributed by atoms with Crippen LogP contribution in [0.4, 0.5) is 0 Å². The predicted molar refractivity (Wildman–Crippen MR) is 77.6 cm³/mol. The fourth-order valence-electron chi connectivity index (χ4n) is 1.33. The van der Waals surface area contributed by atoms with Crippen LogP contribution < -0.4 is 15.4 Å². The Morgan fingerprint density at radius 1 is 1.26 bits per heavy atom. The highest BCUT2D eigenvalue weighted by Gasteiger charge is 2.07. The first-order valence-corrected chi connectivity index (χ1v) is 6.39. The number of carbonyl (C=O) groups is 1. The summed E-state index contributed by atoms with van der Waals surface area (Å²) < 4.78 is 10.3. The molecule has 0 radical (unpaired) electrons. The summed E-state index contributed by atoms with van der Waals surface area (Å²) >= 11 is 4.94. The number of rotatable bonds is 6. The fraction of sp³-hybridized carbons (Fsp3) is 0.385. The maximum atomic E-state index is 11.8. The van der Waals surface area contributed by atoms with Gasteiger partial charge in [-0.1, -0.05) is 0 Å². The minimum atomic E-state index is -0.241. The van der Waals surface area contributed by atoms with Crippen LogP contribution in [0.25, 0.3) is 0 Å². The van der Waals surface area contributed by atoms with Crippen LogP contribution in [0.15, 0.2) is 24.3 Å². The Hall–Kier alpha value is -1.66. The molecule has 5 nitrogen and oxygen atoms in total. The second-order valence-corrected chi connectivity index (χ2v) is 4.09. The zero-order valence-electron chi connectivity index (χ0n) is 11.1. The summed E-state index contributed by atoms with van der Waals surface area (Å²) in [5.74, 6) is 0.456. The fourth-order valence-corrected chi connectivity index (χ4v) is 1.56. The molecule has 0 aliphatic rings. The zero-order chi connectivity index (χ0) is 14.1. The lowest BCUT2D eigenvalue weighted by Gasteiger charge is -2.08. The Bertz CT molecular complexity index is 420. The predicted octanol–water partition coefficient (Wildman–Crippen LogP) is 1.34. The molecule has 6 heteroatoms. The lowest BCUT2D eigenvalue weighted by Crippen LogP contribution is -2.38. The van der Waals surface area contributed by atoms with Gasteiger partial charge >= 0.3 is 0 Å². The van der Waals surface area contributed by atoms with E-state index in [9.17, 15) is 4.79 Å². The highest BCUT2D eigenvalue weighted by atomic mass is 32.1. The summed E-state index contributed by atoms with van der Waals surface area (Å²) in [6.07, 6.45) is 0. The highest BCUT2D eigenvalue weighted by Crippen LogP contribution is 2.11. The molecule has 1 rings (SSSR count). The minimum absolute atomic E-state index is 0.241. The van der Waals surface area contributed by atoms with Gasteiger partial charge in [-0.3, -0.25) is 10.1 Å². The monoisotopic (exact) mass is 282 g/mol. The molecule has 0 aliphatic heterocycles. The molecule has 1 aromatic rings. The Kier molecular flexibility index (Phi) is 6.84. The van der Waals surface area contributed by atoms with E-state index in [1.54, 1.807) is 31.4 Å². The number of benzene rings is 1. The van der Waals surface area contributed by atoms with Crippen molar-refractivity contribution in [3.05, 3.63) is 29.8 Å². The summed E-state index contributed by atoms with van der Waals surface area (Å²) in [6, 6.07) is 6.85. The van der Waals surface area contributed by atoms with Crippen molar-refractivity contribution in [1.82, 2.24) is 10.6 Å². The molecular formula is C13H18N2O3S. The van der Waals surface area contributed by atoms with Crippen LogP contribution in [0.2, 0.25) is 0 Å². The molecule has 104 valence electrons. The Morgan fingerprint density at radius 3 is 2.53 bits per heavy atom. The van der Waals surface area contributed by atoms with E-state index in [4.69, 9.17) is 21.7 Å². The van der Waals surface area contributed by atoms with Crippen LogP contribution in [-0.2, 0) is 4.74 Å². The van der Waals surface area contributed by atoms with Crippen molar-refractivity contribution >= 4 is 23.2 Å². The second-order valence-electron chi connectivity index (χ2n) is 3.68. The van der Waals surface area contributed by atoms with Crippen LogP contribution in [0.5, 0.6) is 5.75 Å². The van der Waals surface area contributed by atoms with Crippen LogP contribution in [0.1, 0.15) is 17.3 Å². The topological polar surface area (TPSA) is 59.6 Å². The molecule has 2 N–H and O–H groups in total. The Morgan fingerprint density at radius 2 is 1.95 bits per heavy atom. The third-order valence-corrected chi connectivity index (χ3v) is 2.48. The van der Waals surface area contributed by atoms with Crippen molar-refractivity contribution in [1.29, 1.82) is 0 Å². The molecule has 0 aliphatic carbocycles. The van der Waals surface area contributed by atoms with E-state index >= 15 is 0 Å². The largest absolute Gasteiger partial charge is 0.491 e. The van der Waals surface area contributed by atoms with Gasteiger partial charge in [0.05, 0.1) is 6.61 Å². The lowest BCUT2D eigenvalue weighted by molar-refractivity contribution is 0.0976. The summed E-state index contributed by atoms with van der Waals surface area (Å²) in [6.45, 7) is 3.59. The summed E-state index contributed by atoms with van der Waals surface area (Å²) in [4.78, 5) is 11.8. The average Bonchev–Trinajstić information content (AvgIpc) is 2.40. The number of thiocarbonyl (C=S) groups is 1. The van der Waals surface area contributed by atoms with E-state index in [-0.39, 0.29) is 5.91 Å². The molecule has 0 fully saturated rings. The van der Waals surface area contributed by atoms with E-state index < -0.39 is 0 Å². The summed E-state index contributed by atoms with van der Waals surface area (Å²) in [7, 11) is 1.62. The van der Waals surface area contributed by atoms with Gasteiger partial charge in [0.1, 0.15) is 12.4 Å². The zero-order valence-corrected chi connectivity index (χ0v) is 11.9. The van der Waals surface area contributed by atoms with Crippen molar-refractivity contribution in [2.24, 2.45) is 0 Å². The van der Waals surface area contributed by atoms with Crippen LogP contribution in [0.3, 0.4) is 0 Å². The van der Waals surface area contributed by atoms with E-state index in [2.05, 4.69) is 10.6 Å². The van der Waals surface area contributed by atoms with Crippen molar-refractivity contribution in [3.63, 3.8) is 0 Å². The van der Waals surface area contributed by atoms with Crippen LogP contribution >= 0.6 is 12.2 Å². The van der Waals surface area contributed by atoms with E-state index in [1.807, 2.05) is 6.92 Å².